The predicted molar refractivity (Wildman–Crippen MR) is 55.4 cm³/mol. The minimum Gasteiger partial charge on any atom is -0.499 e. The van der Waals surface area contributed by atoms with Crippen molar-refractivity contribution in [1.82, 2.24) is 0 Å². The number of rotatable bonds is 3. The van der Waals surface area contributed by atoms with Crippen molar-refractivity contribution in [1.29, 1.82) is 0 Å². The van der Waals surface area contributed by atoms with Gasteiger partial charge in [-0.1, -0.05) is 30.4 Å². The van der Waals surface area contributed by atoms with Crippen LogP contribution in [0.25, 0.3) is 0 Å². The number of aliphatic hydroxyl groups excluding tert-OH is 1. The van der Waals surface area contributed by atoms with E-state index in [1.54, 1.807) is 6.08 Å². The Morgan fingerprint density at radius 2 is 2.00 bits per heavy atom. The van der Waals surface area contributed by atoms with Gasteiger partial charge in [0.2, 0.25) is 0 Å². The van der Waals surface area contributed by atoms with E-state index in [4.69, 9.17) is 5.11 Å². The maximum Gasteiger partial charge on any atom is 0.181 e. The maximum absolute atomic E-state index is 8.73. The van der Waals surface area contributed by atoms with Crippen LogP contribution in [0.4, 0.5) is 0 Å². The molecule has 12 heavy (non-hydrogen) atoms. The highest BCUT2D eigenvalue weighted by atomic mass is 32.1. The Bertz CT molecular complexity index is 243. The van der Waals surface area contributed by atoms with E-state index in [1.807, 2.05) is 0 Å². The Balaban J connectivity index is 2.43. The van der Waals surface area contributed by atoms with Gasteiger partial charge in [-0.2, -0.15) is 0 Å². The summed E-state index contributed by atoms with van der Waals surface area (Å²) in [5.41, 5.74) is 1.04. The van der Waals surface area contributed by atoms with E-state index in [2.05, 4.69) is 30.9 Å². The van der Waals surface area contributed by atoms with Crippen LogP contribution in [0.5, 0.6) is 0 Å². The van der Waals surface area contributed by atoms with Crippen molar-refractivity contribution in [3.63, 3.8) is 0 Å². The monoisotopic (exact) mass is 180 g/mol. The van der Waals surface area contributed by atoms with Crippen molar-refractivity contribution < 1.29 is 5.11 Å². The molecule has 1 N–H and O–H groups in total. The van der Waals surface area contributed by atoms with Crippen LogP contribution in [0.1, 0.15) is 12.8 Å². The van der Waals surface area contributed by atoms with Gasteiger partial charge in [-0.3, -0.25) is 0 Å². The number of allylic oxidation sites excluding steroid dienone is 4. The Labute approximate surface area is 78.1 Å². The van der Waals surface area contributed by atoms with Crippen LogP contribution in [0.2, 0.25) is 0 Å². The SMILES string of the molecule is C=C(/C=C\C(O)=S)C1CC=CC1. The summed E-state index contributed by atoms with van der Waals surface area (Å²) >= 11 is 4.50. The molecule has 0 heterocycles. The molecule has 64 valence electrons. The molecule has 0 amide bonds. The van der Waals surface area contributed by atoms with Gasteiger partial charge in [0.05, 0.1) is 0 Å². The lowest BCUT2D eigenvalue weighted by Crippen LogP contribution is -1.95. The Kier molecular flexibility index (Phi) is 3.23. The lowest BCUT2D eigenvalue weighted by Gasteiger charge is -2.07. The van der Waals surface area contributed by atoms with Crippen LogP contribution < -0.4 is 0 Å². The number of hydrogen-bond acceptors (Lipinski definition) is 1. The number of hydrogen-bond donors (Lipinski definition) is 1. The fraction of sp³-hybridized carbons (Fsp3) is 0.300. The largest absolute Gasteiger partial charge is 0.499 e. The molecule has 0 radical (unpaired) electrons. The fourth-order valence-electron chi connectivity index (χ4n) is 1.23. The standard InChI is InChI=1S/C10H12OS/c1-8(6-7-10(11)12)9-4-2-3-5-9/h2-3,6-7,9H,1,4-5H2,(H,11,12)/b7-6-. The second-order valence-electron chi connectivity index (χ2n) is 2.89. The Morgan fingerprint density at radius 3 is 2.50 bits per heavy atom. The first-order valence-electron chi connectivity index (χ1n) is 3.95. The third-order valence-corrected chi connectivity index (χ3v) is 2.11. The molecule has 0 spiro atoms. The molecule has 0 aliphatic heterocycles. The molecular weight excluding hydrogens is 168 g/mol. The minimum absolute atomic E-state index is 0.0814. The second-order valence-corrected chi connectivity index (χ2v) is 3.30. The van der Waals surface area contributed by atoms with Crippen molar-refractivity contribution in [3.8, 4) is 0 Å². The van der Waals surface area contributed by atoms with Gasteiger partial charge in [0, 0.05) is 0 Å². The molecule has 1 aliphatic carbocycles. The highest BCUT2D eigenvalue weighted by molar-refractivity contribution is 7.80. The predicted octanol–water partition coefficient (Wildman–Crippen LogP) is 2.95. The van der Waals surface area contributed by atoms with Crippen molar-refractivity contribution in [2.45, 2.75) is 12.8 Å². The van der Waals surface area contributed by atoms with Gasteiger partial charge >= 0.3 is 0 Å². The van der Waals surface area contributed by atoms with Crippen LogP contribution in [-0.4, -0.2) is 10.2 Å². The zero-order valence-corrected chi connectivity index (χ0v) is 7.68. The molecule has 1 rings (SSSR count). The van der Waals surface area contributed by atoms with E-state index in [1.165, 1.54) is 6.08 Å². The summed E-state index contributed by atoms with van der Waals surface area (Å²) in [5, 5.41) is 8.65. The molecule has 0 aromatic rings. The van der Waals surface area contributed by atoms with Crippen LogP contribution in [0.15, 0.2) is 36.5 Å². The van der Waals surface area contributed by atoms with Gasteiger partial charge in [0.1, 0.15) is 0 Å². The first-order chi connectivity index (χ1) is 5.70. The van der Waals surface area contributed by atoms with Crippen LogP contribution in [0.3, 0.4) is 0 Å². The van der Waals surface area contributed by atoms with E-state index >= 15 is 0 Å². The van der Waals surface area contributed by atoms with Crippen LogP contribution >= 0.6 is 12.2 Å². The fourth-order valence-corrected chi connectivity index (χ4v) is 1.30. The quantitative estimate of drug-likeness (QED) is 0.312. The van der Waals surface area contributed by atoms with Gasteiger partial charge in [0.25, 0.3) is 0 Å². The van der Waals surface area contributed by atoms with Crippen LogP contribution in [0, 0.1) is 5.92 Å². The highest BCUT2D eigenvalue weighted by Gasteiger charge is 2.11. The molecular formula is C10H12OS. The van der Waals surface area contributed by atoms with E-state index in [0.29, 0.717) is 5.92 Å². The Hall–Kier alpha value is -0.890. The topological polar surface area (TPSA) is 20.2 Å². The molecule has 0 aromatic heterocycles. The molecule has 1 nitrogen and oxygen atoms in total. The van der Waals surface area contributed by atoms with Crippen LogP contribution in [-0.2, 0) is 0 Å². The molecule has 1 aliphatic rings. The van der Waals surface area contributed by atoms with Crippen molar-refractivity contribution >= 4 is 17.3 Å². The van der Waals surface area contributed by atoms with Gasteiger partial charge in [-0.05, 0) is 37.1 Å². The second kappa shape index (κ2) is 4.21. The van der Waals surface area contributed by atoms with Gasteiger partial charge in [0.15, 0.2) is 5.05 Å². The summed E-state index contributed by atoms with van der Waals surface area (Å²) in [7, 11) is 0. The number of thiocarbonyl (C=S) groups is 1. The zero-order valence-electron chi connectivity index (χ0n) is 6.86. The lowest BCUT2D eigenvalue weighted by molar-refractivity contribution is 0.574. The summed E-state index contributed by atoms with van der Waals surface area (Å²) in [4.78, 5) is 0. The summed E-state index contributed by atoms with van der Waals surface area (Å²) in [6, 6.07) is 0. The molecule has 0 saturated carbocycles. The summed E-state index contributed by atoms with van der Waals surface area (Å²) in [5.74, 6) is 0.510. The molecule has 0 aromatic carbocycles. The Morgan fingerprint density at radius 1 is 1.42 bits per heavy atom. The lowest BCUT2D eigenvalue weighted by atomic mass is 9.98. The minimum atomic E-state index is -0.0814. The summed E-state index contributed by atoms with van der Waals surface area (Å²) in [6.07, 6.45) is 9.72. The van der Waals surface area contributed by atoms with E-state index in [9.17, 15) is 0 Å². The molecule has 0 unspecified atom stereocenters. The van der Waals surface area contributed by atoms with Gasteiger partial charge in [-0.25, -0.2) is 0 Å². The average Bonchev–Trinajstić information content (AvgIpc) is 2.51. The first kappa shape index (κ1) is 9.20. The highest BCUT2D eigenvalue weighted by Crippen LogP contribution is 2.25. The normalized spacial score (nSPS) is 17.3. The molecule has 0 atom stereocenters. The molecule has 0 saturated heterocycles. The number of aliphatic hydroxyl groups is 1. The maximum atomic E-state index is 8.73. The van der Waals surface area contributed by atoms with E-state index in [-0.39, 0.29) is 5.05 Å². The third-order valence-electron chi connectivity index (χ3n) is 1.97. The molecule has 0 bridgehead atoms. The molecule has 2 heteroatoms. The summed E-state index contributed by atoms with van der Waals surface area (Å²) < 4.78 is 0. The average molecular weight is 180 g/mol. The van der Waals surface area contributed by atoms with E-state index < -0.39 is 0 Å². The van der Waals surface area contributed by atoms with Gasteiger partial charge < -0.3 is 5.11 Å². The van der Waals surface area contributed by atoms with Crippen molar-refractivity contribution in [2.24, 2.45) is 5.92 Å². The van der Waals surface area contributed by atoms with Gasteiger partial charge in [-0.15, -0.1) is 0 Å². The molecule has 0 fully saturated rings. The van der Waals surface area contributed by atoms with Crippen molar-refractivity contribution in [2.75, 3.05) is 0 Å². The summed E-state index contributed by atoms with van der Waals surface area (Å²) in [6.45, 7) is 3.91. The third kappa shape index (κ3) is 2.62. The zero-order chi connectivity index (χ0) is 8.97. The first-order valence-corrected chi connectivity index (χ1v) is 4.36. The van der Waals surface area contributed by atoms with E-state index in [0.717, 1.165) is 18.4 Å². The smallest absolute Gasteiger partial charge is 0.181 e. The van der Waals surface area contributed by atoms with Crippen molar-refractivity contribution in [3.05, 3.63) is 36.5 Å².